The number of hydrogen-bond acceptors (Lipinski definition) is 1. The minimum absolute atomic E-state index is 0.243. The monoisotopic (exact) mass is 277 g/mol. The van der Waals surface area contributed by atoms with Gasteiger partial charge in [-0.15, -0.1) is 11.6 Å². The van der Waals surface area contributed by atoms with Gasteiger partial charge < -0.3 is 5.32 Å². The predicted octanol–water partition coefficient (Wildman–Crippen LogP) is 4.37. The van der Waals surface area contributed by atoms with Gasteiger partial charge in [-0.05, 0) is 31.5 Å². The molecule has 0 unspecified atom stereocenters. The van der Waals surface area contributed by atoms with E-state index >= 15 is 0 Å². The van der Waals surface area contributed by atoms with Gasteiger partial charge in [-0.2, -0.15) is 0 Å². The largest absolute Gasteiger partial charge is 0.313 e. The molecule has 1 aromatic rings. The van der Waals surface area contributed by atoms with Crippen molar-refractivity contribution >= 4 is 23.2 Å². The topological polar surface area (TPSA) is 12.0 Å². The fourth-order valence-electron chi connectivity index (χ4n) is 1.59. The molecule has 4 heteroatoms. The van der Waals surface area contributed by atoms with Gasteiger partial charge >= 0.3 is 0 Å². The van der Waals surface area contributed by atoms with E-state index in [1.165, 1.54) is 18.9 Å². The standard InChI is InChI=1S/C13H18Cl2FN/c14-7-3-1-2-4-8-17-10-11-5-6-12(15)9-13(11)16/h5-6,9,17H,1-4,7-8,10H2. The third-order valence-electron chi connectivity index (χ3n) is 2.57. The van der Waals surface area contributed by atoms with Crippen molar-refractivity contribution < 1.29 is 4.39 Å². The van der Waals surface area contributed by atoms with Crippen LogP contribution in [-0.2, 0) is 6.54 Å². The quantitative estimate of drug-likeness (QED) is 0.550. The molecule has 0 fully saturated rings. The van der Waals surface area contributed by atoms with E-state index in [2.05, 4.69) is 5.32 Å². The van der Waals surface area contributed by atoms with Crippen molar-refractivity contribution in [1.82, 2.24) is 5.32 Å². The first-order valence-electron chi connectivity index (χ1n) is 5.94. The van der Waals surface area contributed by atoms with E-state index in [0.717, 1.165) is 25.3 Å². The Morgan fingerprint density at radius 1 is 1.12 bits per heavy atom. The summed E-state index contributed by atoms with van der Waals surface area (Å²) >= 11 is 11.3. The minimum atomic E-state index is -0.243. The maximum atomic E-state index is 13.4. The fourth-order valence-corrected chi connectivity index (χ4v) is 1.93. The summed E-state index contributed by atoms with van der Waals surface area (Å²) in [6.07, 6.45) is 4.52. The zero-order valence-electron chi connectivity index (χ0n) is 9.82. The third-order valence-corrected chi connectivity index (χ3v) is 3.07. The summed E-state index contributed by atoms with van der Waals surface area (Å²) in [6.45, 7) is 1.46. The van der Waals surface area contributed by atoms with Crippen LogP contribution in [0.3, 0.4) is 0 Å². The molecule has 0 saturated heterocycles. The molecule has 0 aromatic heterocycles. The Hall–Kier alpha value is -0.310. The fraction of sp³-hybridized carbons (Fsp3) is 0.538. The van der Waals surface area contributed by atoms with Crippen LogP contribution >= 0.6 is 23.2 Å². The van der Waals surface area contributed by atoms with Crippen LogP contribution in [0.4, 0.5) is 4.39 Å². The molecule has 0 bridgehead atoms. The molecular weight excluding hydrogens is 260 g/mol. The molecule has 1 rings (SSSR count). The Labute approximate surface area is 112 Å². The van der Waals surface area contributed by atoms with Gasteiger partial charge in [0, 0.05) is 23.0 Å². The van der Waals surface area contributed by atoms with Gasteiger partial charge in [0.25, 0.3) is 0 Å². The first-order valence-corrected chi connectivity index (χ1v) is 6.86. The summed E-state index contributed by atoms with van der Waals surface area (Å²) in [4.78, 5) is 0. The molecular formula is C13H18Cl2FN. The van der Waals surface area contributed by atoms with Gasteiger partial charge in [0.05, 0.1) is 0 Å². The molecule has 0 saturated carbocycles. The first kappa shape index (κ1) is 14.7. The molecule has 0 aliphatic carbocycles. The van der Waals surface area contributed by atoms with Crippen LogP contribution < -0.4 is 5.32 Å². The molecule has 0 aliphatic heterocycles. The van der Waals surface area contributed by atoms with Crippen LogP contribution in [0.5, 0.6) is 0 Å². The smallest absolute Gasteiger partial charge is 0.129 e. The third kappa shape index (κ3) is 6.25. The van der Waals surface area contributed by atoms with Crippen molar-refractivity contribution in [2.75, 3.05) is 12.4 Å². The number of nitrogens with one attached hydrogen (secondary N) is 1. The predicted molar refractivity (Wildman–Crippen MR) is 72.3 cm³/mol. The molecule has 0 heterocycles. The van der Waals surface area contributed by atoms with Crippen molar-refractivity contribution in [2.24, 2.45) is 0 Å². The number of unbranched alkanes of at least 4 members (excludes halogenated alkanes) is 3. The van der Waals surface area contributed by atoms with Crippen molar-refractivity contribution in [3.8, 4) is 0 Å². The summed E-state index contributed by atoms with van der Waals surface area (Å²) in [5.41, 5.74) is 0.662. The average molecular weight is 278 g/mol. The molecule has 0 aliphatic rings. The lowest BCUT2D eigenvalue weighted by atomic mass is 10.2. The molecule has 0 amide bonds. The molecule has 1 nitrogen and oxygen atoms in total. The SMILES string of the molecule is Fc1cc(Cl)ccc1CNCCCCCCCl. The second-order valence-electron chi connectivity index (χ2n) is 4.02. The highest BCUT2D eigenvalue weighted by Crippen LogP contribution is 2.14. The van der Waals surface area contributed by atoms with Crippen LogP contribution in [0.1, 0.15) is 31.2 Å². The van der Waals surface area contributed by atoms with Gasteiger partial charge in [0.15, 0.2) is 0 Å². The van der Waals surface area contributed by atoms with Crippen LogP contribution in [-0.4, -0.2) is 12.4 Å². The van der Waals surface area contributed by atoms with Gasteiger partial charge in [-0.3, -0.25) is 0 Å². The molecule has 1 N–H and O–H groups in total. The molecule has 1 aromatic carbocycles. The van der Waals surface area contributed by atoms with Crippen molar-refractivity contribution in [2.45, 2.75) is 32.2 Å². The number of hydrogen-bond donors (Lipinski definition) is 1. The summed E-state index contributed by atoms with van der Waals surface area (Å²) in [7, 11) is 0. The van der Waals surface area contributed by atoms with E-state index in [0.29, 0.717) is 17.1 Å². The lowest BCUT2D eigenvalue weighted by Crippen LogP contribution is -2.15. The molecule has 96 valence electrons. The maximum absolute atomic E-state index is 13.4. The Morgan fingerprint density at radius 2 is 1.88 bits per heavy atom. The van der Waals surface area contributed by atoms with E-state index in [-0.39, 0.29) is 5.82 Å². The maximum Gasteiger partial charge on any atom is 0.129 e. The summed E-state index contributed by atoms with van der Waals surface area (Å²) in [6, 6.07) is 4.78. The number of halogens is 3. The highest BCUT2D eigenvalue weighted by atomic mass is 35.5. The summed E-state index contributed by atoms with van der Waals surface area (Å²) in [5, 5.41) is 3.66. The lowest BCUT2D eigenvalue weighted by molar-refractivity contribution is 0.568. The van der Waals surface area contributed by atoms with E-state index < -0.39 is 0 Å². The van der Waals surface area contributed by atoms with Crippen LogP contribution in [0, 0.1) is 5.82 Å². The summed E-state index contributed by atoms with van der Waals surface area (Å²) < 4.78 is 13.4. The van der Waals surface area contributed by atoms with Gasteiger partial charge in [0.1, 0.15) is 5.82 Å². The first-order chi connectivity index (χ1) is 8.24. The van der Waals surface area contributed by atoms with Gasteiger partial charge in [0.2, 0.25) is 0 Å². The van der Waals surface area contributed by atoms with E-state index in [4.69, 9.17) is 23.2 Å². The molecule has 17 heavy (non-hydrogen) atoms. The van der Waals surface area contributed by atoms with Crippen molar-refractivity contribution in [3.05, 3.63) is 34.6 Å². The second kappa shape index (κ2) is 8.73. The van der Waals surface area contributed by atoms with Crippen molar-refractivity contribution in [3.63, 3.8) is 0 Å². The molecule has 0 spiro atoms. The van der Waals surface area contributed by atoms with Gasteiger partial charge in [-0.1, -0.05) is 30.5 Å². The highest BCUT2D eigenvalue weighted by Gasteiger charge is 2.01. The summed E-state index contributed by atoms with van der Waals surface area (Å²) in [5.74, 6) is 0.496. The van der Waals surface area contributed by atoms with Crippen LogP contribution in [0.15, 0.2) is 18.2 Å². The highest BCUT2D eigenvalue weighted by molar-refractivity contribution is 6.30. The Morgan fingerprint density at radius 3 is 2.59 bits per heavy atom. The lowest BCUT2D eigenvalue weighted by Gasteiger charge is -2.06. The number of benzene rings is 1. The number of rotatable bonds is 8. The second-order valence-corrected chi connectivity index (χ2v) is 4.83. The van der Waals surface area contributed by atoms with Crippen molar-refractivity contribution in [1.29, 1.82) is 0 Å². The normalized spacial score (nSPS) is 10.8. The van der Waals surface area contributed by atoms with E-state index in [9.17, 15) is 4.39 Å². The zero-order valence-corrected chi connectivity index (χ0v) is 11.3. The molecule has 0 atom stereocenters. The van der Waals surface area contributed by atoms with Crippen LogP contribution in [0.25, 0.3) is 0 Å². The van der Waals surface area contributed by atoms with Crippen LogP contribution in [0.2, 0.25) is 5.02 Å². The van der Waals surface area contributed by atoms with E-state index in [1.54, 1.807) is 12.1 Å². The number of alkyl halides is 1. The average Bonchev–Trinajstić information content (AvgIpc) is 2.30. The zero-order chi connectivity index (χ0) is 12.5. The molecule has 0 radical (unpaired) electrons. The van der Waals surface area contributed by atoms with Gasteiger partial charge in [-0.25, -0.2) is 4.39 Å². The minimum Gasteiger partial charge on any atom is -0.313 e. The Bertz CT molecular complexity index is 331. The Balaban J connectivity index is 2.14. The Kier molecular flexibility index (Phi) is 7.58. The van der Waals surface area contributed by atoms with E-state index in [1.807, 2.05) is 0 Å².